The van der Waals surface area contributed by atoms with Crippen molar-refractivity contribution >= 4 is 70.7 Å². The monoisotopic (exact) mass is 983 g/mol. The number of aliphatic hydroxyl groups is 1. The van der Waals surface area contributed by atoms with E-state index >= 15 is 4.79 Å². The highest BCUT2D eigenvalue weighted by atomic mass is 35.5. The zero-order valence-corrected chi connectivity index (χ0v) is 39.8. The van der Waals surface area contributed by atoms with Crippen molar-refractivity contribution in [2.75, 3.05) is 7.05 Å². The maximum Gasteiger partial charge on any atom is 0.329 e. The van der Waals surface area contributed by atoms with E-state index < -0.39 is 133 Å². The number of phenolic OH excluding ortho intramolecular Hbond substituents is 1. The fourth-order valence-electron chi connectivity index (χ4n) is 8.02. The molecule has 11 N–H and O–H groups in total. The Morgan fingerprint density at radius 3 is 2.13 bits per heavy atom. The average Bonchev–Trinajstić information content (AvgIpc) is 3.29. The minimum absolute atomic E-state index is 0.0658. The van der Waals surface area contributed by atoms with Gasteiger partial charge in [0.1, 0.15) is 60.4 Å². The fraction of sp³-hybridized carbons (Fsp3) is 0.522. The number of hydrogen-bond donors (Lipinski definition) is 9. The number of aliphatic hydroxyl groups excluding tert-OH is 1. The van der Waals surface area contributed by atoms with Crippen molar-refractivity contribution in [2.24, 2.45) is 17.4 Å². The Morgan fingerprint density at radius 1 is 0.870 bits per heavy atom. The van der Waals surface area contributed by atoms with E-state index in [-0.39, 0.29) is 55.7 Å². The van der Waals surface area contributed by atoms with Gasteiger partial charge in [0.2, 0.25) is 53.2 Å². The van der Waals surface area contributed by atoms with Crippen molar-refractivity contribution in [1.29, 1.82) is 0 Å². The molecule has 0 radical (unpaired) electrons. The number of amides is 9. The Morgan fingerprint density at radius 2 is 1.52 bits per heavy atom. The van der Waals surface area contributed by atoms with Crippen LogP contribution in [0.15, 0.2) is 48.5 Å². The lowest BCUT2D eigenvalue weighted by Crippen LogP contribution is -2.65. The second-order valence-corrected chi connectivity index (χ2v) is 17.8. The van der Waals surface area contributed by atoms with Crippen LogP contribution in [0.3, 0.4) is 0 Å². The van der Waals surface area contributed by atoms with Gasteiger partial charge in [-0.3, -0.25) is 43.2 Å². The molecular weight excluding hydrogens is 922 g/mol. The number of nitrogens with two attached hydrogens (primary N) is 2. The van der Waals surface area contributed by atoms with E-state index in [1.807, 2.05) is 0 Å². The van der Waals surface area contributed by atoms with E-state index in [2.05, 4.69) is 26.6 Å². The molecular formula is C46H62ClN9O13. The molecule has 2 bridgehead atoms. The normalized spacial score (nSPS) is 25.0. The van der Waals surface area contributed by atoms with Crippen LogP contribution in [-0.2, 0) is 65.5 Å². The third kappa shape index (κ3) is 15.1. The summed E-state index contributed by atoms with van der Waals surface area (Å²) in [7, 11) is 1.30. The number of rotatable bonds is 15. The average molecular weight is 985 g/mol. The molecule has 2 fully saturated rings. The number of nitrogens with one attached hydrogen (secondary N) is 5. The summed E-state index contributed by atoms with van der Waals surface area (Å²) >= 11 is 6.26. The topological polar surface area (TPSA) is 339 Å². The number of esters is 1. The summed E-state index contributed by atoms with van der Waals surface area (Å²) in [5.41, 5.74) is 11.7. The third-order valence-electron chi connectivity index (χ3n) is 12.2. The highest BCUT2D eigenvalue weighted by Gasteiger charge is 2.46. The summed E-state index contributed by atoms with van der Waals surface area (Å²) in [4.78, 5) is 139. The SMILES string of the molecule is CC[C@H](C)[C@@H]1NC(=O)[C@H](Cc2ccc(O)c(Cl)c2)N(C)C(=O)[C@H](Cc2ccccc2)N2C(=O)[C@H](CC[C@H]2O)NC(=O)[C@H](CCC(N)=O)NC(=O)[C@@H](NC(=O)[C@H](CCC(N)=O)NC(C)=O)[C@H](C)OC1=O. The number of aromatic hydroxyl groups is 1. The highest BCUT2D eigenvalue weighted by molar-refractivity contribution is 6.32. The third-order valence-corrected chi connectivity index (χ3v) is 12.5. The smallest absolute Gasteiger partial charge is 0.329 e. The fourth-order valence-corrected chi connectivity index (χ4v) is 8.22. The van der Waals surface area contributed by atoms with Gasteiger partial charge in [-0.25, -0.2) is 4.79 Å². The standard InChI is InChI=1S/C46H62ClN9O13/c1-6-23(2)38-46(68)69-24(3)39(54-41(63)29(50-25(4)57)13-17-35(48)59)43(65)51-30(14-18-36(49)60)40(62)52-31-15-19-37(61)56(44(31)66)33(21-26-10-8-7-9-11-26)45(67)55(5)32(42(64)53-38)22-27-12-16-34(58)28(47)20-27/h7-12,16,20,23-24,29-33,37-39,58,61H,6,13-15,17-19,21-22H2,1-5H3,(H2,48,59)(H2,49,60)(H,50,57)(H,51,65)(H,52,62)(H,53,64)(H,54,63)/t23-,24-,29-,30-,31-,32-,33-,37+,38-,39-/m0/s1. The molecule has 2 aromatic carbocycles. The van der Waals surface area contributed by atoms with Crippen LogP contribution in [0.4, 0.5) is 0 Å². The summed E-state index contributed by atoms with van der Waals surface area (Å²) in [6, 6.07) is 1.83. The number of hydrogen-bond acceptors (Lipinski definition) is 13. The van der Waals surface area contributed by atoms with Gasteiger partial charge in [0, 0.05) is 39.7 Å². The molecule has 2 aliphatic rings. The summed E-state index contributed by atoms with van der Waals surface area (Å²) < 4.78 is 5.83. The summed E-state index contributed by atoms with van der Waals surface area (Å²) in [6.07, 6.45) is -5.22. The number of phenols is 1. The van der Waals surface area contributed by atoms with Crippen molar-refractivity contribution in [3.05, 3.63) is 64.7 Å². The minimum atomic E-state index is -1.87. The largest absolute Gasteiger partial charge is 0.506 e. The number of benzene rings is 2. The van der Waals surface area contributed by atoms with Crippen LogP contribution >= 0.6 is 11.6 Å². The van der Waals surface area contributed by atoms with Crippen LogP contribution in [0.5, 0.6) is 5.75 Å². The predicted octanol–water partition coefficient (Wildman–Crippen LogP) is -1.07. The lowest BCUT2D eigenvalue weighted by Gasteiger charge is -2.43. The van der Waals surface area contributed by atoms with Gasteiger partial charge in [0.15, 0.2) is 0 Å². The molecule has 9 amide bonds. The molecule has 2 saturated heterocycles. The maximum absolute atomic E-state index is 15.1. The van der Waals surface area contributed by atoms with Crippen LogP contribution < -0.4 is 38.1 Å². The number of ether oxygens (including phenoxy) is 1. The van der Waals surface area contributed by atoms with Crippen LogP contribution in [0.1, 0.15) is 83.8 Å². The van der Waals surface area contributed by atoms with E-state index in [1.165, 1.54) is 32.2 Å². The second kappa shape index (κ2) is 25.0. The molecule has 376 valence electrons. The predicted molar refractivity (Wildman–Crippen MR) is 247 cm³/mol. The molecule has 10 atom stereocenters. The Kier molecular flexibility index (Phi) is 19.8. The zero-order chi connectivity index (χ0) is 51.3. The molecule has 4 rings (SSSR count). The summed E-state index contributed by atoms with van der Waals surface area (Å²) in [5.74, 6) is -10.2. The van der Waals surface area contributed by atoms with Crippen LogP contribution in [0, 0.1) is 5.92 Å². The quantitative estimate of drug-likeness (QED) is 0.0962. The number of piperidine rings is 1. The van der Waals surface area contributed by atoms with E-state index in [9.17, 15) is 53.4 Å². The first kappa shape index (κ1) is 54.8. The van der Waals surface area contributed by atoms with Crippen molar-refractivity contribution in [3.8, 4) is 5.75 Å². The number of nitrogens with zero attached hydrogens (tertiary/aromatic N) is 2. The first-order valence-electron chi connectivity index (χ1n) is 22.6. The van der Waals surface area contributed by atoms with E-state index in [1.54, 1.807) is 44.2 Å². The molecule has 2 aromatic rings. The van der Waals surface area contributed by atoms with Gasteiger partial charge in [0.25, 0.3) is 0 Å². The Hall–Kier alpha value is -6.81. The van der Waals surface area contributed by atoms with Gasteiger partial charge < -0.3 is 62.8 Å². The Labute approximate surface area is 403 Å². The Balaban J connectivity index is 1.92. The van der Waals surface area contributed by atoms with Gasteiger partial charge in [-0.2, -0.15) is 0 Å². The molecule has 2 aliphatic heterocycles. The molecule has 69 heavy (non-hydrogen) atoms. The first-order valence-corrected chi connectivity index (χ1v) is 22.9. The molecule has 2 heterocycles. The van der Waals surface area contributed by atoms with Crippen LogP contribution in [-0.4, -0.2) is 141 Å². The van der Waals surface area contributed by atoms with Gasteiger partial charge in [-0.05, 0) is 61.8 Å². The lowest BCUT2D eigenvalue weighted by atomic mass is 9.95. The number of primary amides is 2. The van der Waals surface area contributed by atoms with Gasteiger partial charge in [-0.1, -0.05) is 68.3 Å². The number of fused-ring (bicyclic) bond motifs is 2. The summed E-state index contributed by atoms with van der Waals surface area (Å²) in [6.45, 7) is 5.67. The van der Waals surface area contributed by atoms with Gasteiger partial charge >= 0.3 is 5.97 Å². The maximum atomic E-state index is 15.1. The number of cyclic esters (lactones) is 1. The molecule has 0 saturated carbocycles. The van der Waals surface area contributed by atoms with E-state index in [4.69, 9.17) is 27.8 Å². The minimum Gasteiger partial charge on any atom is -0.506 e. The van der Waals surface area contributed by atoms with Crippen LogP contribution in [0.25, 0.3) is 0 Å². The molecule has 0 spiro atoms. The van der Waals surface area contributed by atoms with Crippen molar-refractivity contribution in [1.82, 2.24) is 36.4 Å². The molecule has 0 aliphatic carbocycles. The molecule has 23 heteroatoms. The van der Waals surface area contributed by atoms with Gasteiger partial charge in [-0.15, -0.1) is 0 Å². The number of halogens is 1. The first-order chi connectivity index (χ1) is 32.5. The number of likely N-dealkylation sites (N-methyl/N-ethyl adjacent to an activating group) is 1. The Bertz CT molecular complexity index is 2250. The zero-order valence-electron chi connectivity index (χ0n) is 39.1. The molecule has 0 aromatic heterocycles. The number of carbonyl (C=O) groups is 10. The van der Waals surface area contributed by atoms with Crippen LogP contribution in [0.2, 0.25) is 5.02 Å². The van der Waals surface area contributed by atoms with E-state index in [0.717, 1.165) is 16.7 Å². The van der Waals surface area contributed by atoms with Gasteiger partial charge in [0.05, 0.1) is 5.02 Å². The highest BCUT2D eigenvalue weighted by Crippen LogP contribution is 2.28. The summed E-state index contributed by atoms with van der Waals surface area (Å²) in [5, 5.41) is 34.2. The van der Waals surface area contributed by atoms with Crippen molar-refractivity contribution < 1.29 is 62.9 Å². The number of carbonyl (C=O) groups excluding carboxylic acids is 10. The van der Waals surface area contributed by atoms with E-state index in [0.29, 0.717) is 11.1 Å². The molecule has 22 nitrogen and oxygen atoms in total. The lowest BCUT2D eigenvalue weighted by molar-refractivity contribution is -0.165. The molecule has 0 unspecified atom stereocenters. The second-order valence-electron chi connectivity index (χ2n) is 17.3. The van der Waals surface area contributed by atoms with Crippen molar-refractivity contribution in [2.45, 2.75) is 140 Å². The van der Waals surface area contributed by atoms with Crippen molar-refractivity contribution in [3.63, 3.8) is 0 Å².